The molecule has 1 aliphatic heterocycles. The minimum absolute atomic E-state index is 0.0242. The van der Waals surface area contributed by atoms with Crippen molar-refractivity contribution in [2.45, 2.75) is 69.6 Å². The zero-order valence-electron chi connectivity index (χ0n) is 16.2. The first-order chi connectivity index (χ1) is 13.0. The maximum absolute atomic E-state index is 11.8. The van der Waals surface area contributed by atoms with Crippen molar-refractivity contribution in [2.24, 2.45) is 5.41 Å². The second-order valence-corrected chi connectivity index (χ2v) is 7.85. The molecule has 160 valence electrons. The zero-order valence-corrected chi connectivity index (χ0v) is 16.2. The third-order valence-electron chi connectivity index (χ3n) is 5.62. The largest absolute Gasteiger partial charge is 0.396 e. The Hall–Kier alpha value is -1.17. The van der Waals surface area contributed by atoms with Gasteiger partial charge in [-0.15, -0.1) is 0 Å². The molecular formula is C19H30O9. The van der Waals surface area contributed by atoms with E-state index in [4.69, 9.17) is 9.47 Å². The Morgan fingerprint density at radius 1 is 1.29 bits per heavy atom. The number of hydrogen-bond donors (Lipinski definition) is 6. The number of ether oxygens (including phenoxy) is 2. The highest BCUT2D eigenvalue weighted by Crippen LogP contribution is 2.44. The fourth-order valence-corrected chi connectivity index (χ4v) is 3.62. The number of allylic oxidation sites excluding steroid dienone is 1. The van der Waals surface area contributed by atoms with Crippen molar-refractivity contribution in [3.05, 3.63) is 23.8 Å². The molecule has 2 aliphatic rings. The topological polar surface area (TPSA) is 157 Å². The lowest BCUT2D eigenvalue weighted by Gasteiger charge is -2.45. The second-order valence-electron chi connectivity index (χ2n) is 7.85. The van der Waals surface area contributed by atoms with Crippen molar-refractivity contribution in [3.8, 4) is 0 Å². The molecule has 1 fully saturated rings. The molecule has 8 atom stereocenters. The number of aliphatic hydroxyl groups excluding tert-OH is 5. The quantitative estimate of drug-likeness (QED) is 0.288. The van der Waals surface area contributed by atoms with Crippen molar-refractivity contribution < 1.29 is 44.9 Å². The molecular weight excluding hydrogens is 372 g/mol. The van der Waals surface area contributed by atoms with Gasteiger partial charge in [-0.1, -0.05) is 13.0 Å². The summed E-state index contributed by atoms with van der Waals surface area (Å²) in [6.45, 7) is 3.83. The van der Waals surface area contributed by atoms with Crippen LogP contribution in [0.3, 0.4) is 0 Å². The molecule has 0 spiro atoms. The highest BCUT2D eigenvalue weighted by Gasteiger charge is 2.50. The first-order valence-electron chi connectivity index (χ1n) is 9.19. The summed E-state index contributed by atoms with van der Waals surface area (Å²) < 4.78 is 10.8. The third kappa shape index (κ3) is 4.22. The van der Waals surface area contributed by atoms with E-state index in [1.165, 1.54) is 18.2 Å². The molecule has 0 amide bonds. The van der Waals surface area contributed by atoms with Crippen LogP contribution in [0.15, 0.2) is 23.8 Å². The van der Waals surface area contributed by atoms with E-state index in [1.807, 2.05) is 0 Å². The fourth-order valence-electron chi connectivity index (χ4n) is 3.62. The van der Waals surface area contributed by atoms with Gasteiger partial charge in [-0.05, 0) is 31.6 Å². The van der Waals surface area contributed by atoms with Crippen molar-refractivity contribution in [3.63, 3.8) is 0 Å². The predicted molar refractivity (Wildman–Crippen MR) is 97.0 cm³/mol. The Morgan fingerprint density at radius 2 is 1.93 bits per heavy atom. The summed E-state index contributed by atoms with van der Waals surface area (Å²) in [6, 6.07) is 0. The van der Waals surface area contributed by atoms with Gasteiger partial charge in [0.05, 0.1) is 19.3 Å². The summed E-state index contributed by atoms with van der Waals surface area (Å²) in [5.41, 5.74) is -2.30. The van der Waals surface area contributed by atoms with Gasteiger partial charge in [0.2, 0.25) is 0 Å². The van der Waals surface area contributed by atoms with E-state index < -0.39 is 61.0 Å². The lowest BCUT2D eigenvalue weighted by atomic mass is 9.64. The van der Waals surface area contributed by atoms with Crippen LogP contribution in [-0.4, -0.2) is 92.0 Å². The van der Waals surface area contributed by atoms with E-state index in [9.17, 15) is 35.4 Å². The van der Waals surface area contributed by atoms with Crippen LogP contribution in [0.5, 0.6) is 0 Å². The van der Waals surface area contributed by atoms with Gasteiger partial charge in [-0.3, -0.25) is 4.79 Å². The number of rotatable bonds is 6. The van der Waals surface area contributed by atoms with Gasteiger partial charge in [-0.2, -0.15) is 0 Å². The van der Waals surface area contributed by atoms with Gasteiger partial charge in [0.1, 0.15) is 30.0 Å². The fraction of sp³-hybridized carbons (Fsp3) is 0.737. The van der Waals surface area contributed by atoms with Crippen LogP contribution in [0.2, 0.25) is 0 Å². The van der Waals surface area contributed by atoms with Gasteiger partial charge < -0.3 is 40.1 Å². The summed E-state index contributed by atoms with van der Waals surface area (Å²) in [4.78, 5) is 11.8. The molecule has 9 heteroatoms. The number of ketones is 1. The Morgan fingerprint density at radius 3 is 2.50 bits per heavy atom. The molecule has 6 N–H and O–H groups in total. The van der Waals surface area contributed by atoms with Gasteiger partial charge in [-0.25, -0.2) is 0 Å². The smallest absolute Gasteiger partial charge is 0.187 e. The molecule has 1 aliphatic carbocycles. The summed E-state index contributed by atoms with van der Waals surface area (Å²) in [6.07, 6.45) is -3.44. The molecule has 0 aromatic carbocycles. The van der Waals surface area contributed by atoms with E-state index in [1.54, 1.807) is 20.8 Å². The standard InChI is InChI=1S/C19H30O9/c1-10-6-12(22)7-18(3,9-21)19(10,26)5-4-11(2)27-17-16(25)15(24)14(23)13(8-20)28-17/h4-6,11,13-17,20-21,23-26H,7-9H2,1-3H3/b5-4+/t11-,13+,14+,15-,16+,17+,18-,19-/m0/s1. The summed E-state index contributed by atoms with van der Waals surface area (Å²) in [5, 5.41) is 59.8. The Bertz CT molecular complexity index is 631. The van der Waals surface area contributed by atoms with Crippen LogP contribution in [0.4, 0.5) is 0 Å². The highest BCUT2D eigenvalue weighted by molar-refractivity contribution is 5.92. The van der Waals surface area contributed by atoms with E-state index in [0.717, 1.165) is 0 Å². The molecule has 0 radical (unpaired) electrons. The number of aliphatic hydroxyl groups is 6. The van der Waals surface area contributed by atoms with E-state index >= 15 is 0 Å². The summed E-state index contributed by atoms with van der Waals surface area (Å²) in [7, 11) is 0. The minimum Gasteiger partial charge on any atom is -0.396 e. The van der Waals surface area contributed by atoms with Crippen molar-refractivity contribution in [1.29, 1.82) is 0 Å². The summed E-state index contributed by atoms with van der Waals surface area (Å²) in [5.74, 6) is -0.183. The number of hydrogen-bond acceptors (Lipinski definition) is 9. The Balaban J connectivity index is 2.15. The average molecular weight is 402 g/mol. The van der Waals surface area contributed by atoms with Crippen LogP contribution >= 0.6 is 0 Å². The Kier molecular flexibility index (Phi) is 7.17. The SMILES string of the molecule is CC1=CC(=O)C[C@@](C)(CO)[C@]1(O)/C=C/[C@H](C)O[C@@H]1O[C@H](CO)[C@@H](O)[C@H](O)[C@H]1O. The average Bonchev–Trinajstić information content (AvgIpc) is 2.65. The van der Waals surface area contributed by atoms with E-state index in [-0.39, 0.29) is 12.2 Å². The van der Waals surface area contributed by atoms with Crippen molar-refractivity contribution in [1.82, 2.24) is 0 Å². The third-order valence-corrected chi connectivity index (χ3v) is 5.62. The molecule has 0 unspecified atom stereocenters. The van der Waals surface area contributed by atoms with Crippen LogP contribution in [-0.2, 0) is 14.3 Å². The van der Waals surface area contributed by atoms with Crippen molar-refractivity contribution in [2.75, 3.05) is 13.2 Å². The van der Waals surface area contributed by atoms with Crippen LogP contribution in [0.25, 0.3) is 0 Å². The monoisotopic (exact) mass is 402 g/mol. The first kappa shape index (κ1) is 23.1. The van der Waals surface area contributed by atoms with Gasteiger partial charge >= 0.3 is 0 Å². The van der Waals surface area contributed by atoms with Crippen molar-refractivity contribution >= 4 is 5.78 Å². The molecule has 1 saturated heterocycles. The molecule has 9 nitrogen and oxygen atoms in total. The van der Waals surface area contributed by atoms with E-state index in [0.29, 0.717) is 5.57 Å². The predicted octanol–water partition coefficient (Wildman–Crippen LogP) is -1.60. The van der Waals surface area contributed by atoms with E-state index in [2.05, 4.69) is 0 Å². The molecule has 28 heavy (non-hydrogen) atoms. The van der Waals surface area contributed by atoms with Crippen LogP contribution < -0.4 is 0 Å². The maximum Gasteiger partial charge on any atom is 0.187 e. The normalized spacial score (nSPS) is 43.2. The first-order valence-corrected chi connectivity index (χ1v) is 9.19. The van der Waals surface area contributed by atoms with Gasteiger partial charge in [0, 0.05) is 11.8 Å². The maximum atomic E-state index is 11.8. The minimum atomic E-state index is -1.58. The molecule has 0 aromatic rings. The van der Waals surface area contributed by atoms with Gasteiger partial charge in [0.15, 0.2) is 12.1 Å². The highest BCUT2D eigenvalue weighted by atomic mass is 16.7. The molecule has 1 heterocycles. The second kappa shape index (κ2) is 8.68. The molecule has 0 aromatic heterocycles. The van der Waals surface area contributed by atoms with Crippen LogP contribution in [0.1, 0.15) is 27.2 Å². The lowest BCUT2D eigenvalue weighted by molar-refractivity contribution is -0.306. The molecule has 0 bridgehead atoms. The lowest BCUT2D eigenvalue weighted by Crippen LogP contribution is -2.59. The molecule has 2 rings (SSSR count). The molecule has 0 saturated carbocycles. The number of carbonyl (C=O) groups excluding carboxylic acids is 1. The zero-order chi connectivity index (χ0) is 21.3. The Labute approximate surface area is 163 Å². The van der Waals surface area contributed by atoms with Crippen LogP contribution in [0, 0.1) is 5.41 Å². The summed E-state index contributed by atoms with van der Waals surface area (Å²) >= 11 is 0. The van der Waals surface area contributed by atoms with Gasteiger partial charge in [0.25, 0.3) is 0 Å². The number of carbonyl (C=O) groups is 1.